The summed E-state index contributed by atoms with van der Waals surface area (Å²) in [7, 11) is 5.81. The highest BCUT2D eigenvalue weighted by Crippen LogP contribution is 2.38. The molecule has 0 amide bonds. The number of fused-ring (bicyclic) bond motifs is 1. The molecule has 1 aromatic carbocycles. The molecule has 4 heteroatoms. The summed E-state index contributed by atoms with van der Waals surface area (Å²) in [6.07, 6.45) is 1.96. The van der Waals surface area contributed by atoms with Crippen molar-refractivity contribution in [1.29, 1.82) is 0 Å². The summed E-state index contributed by atoms with van der Waals surface area (Å²) in [5, 5.41) is 0. The fraction of sp³-hybridized carbons (Fsp3) is 0.333. The van der Waals surface area contributed by atoms with Gasteiger partial charge in [-0.3, -0.25) is 4.99 Å². The minimum atomic E-state index is 0.560. The van der Waals surface area contributed by atoms with E-state index in [4.69, 9.17) is 4.74 Å². The Morgan fingerprint density at radius 3 is 2.59 bits per heavy atom. The number of hydrogen-bond acceptors (Lipinski definition) is 4. The summed E-state index contributed by atoms with van der Waals surface area (Å²) in [4.78, 5) is 10.9. The Bertz CT molecular complexity index is 709. The van der Waals surface area contributed by atoms with Crippen LogP contribution in [0.2, 0.25) is 0 Å². The third-order valence-electron chi connectivity index (χ3n) is 3.78. The molecule has 0 fully saturated rings. The SMILES string of the molecule is C=C1Oc2cc(N(C)C)c(C)cc2N=C1/C=C(/C)C(C)=NC. The third kappa shape index (κ3) is 3.11. The van der Waals surface area contributed by atoms with E-state index in [2.05, 4.69) is 28.4 Å². The second-order valence-corrected chi connectivity index (χ2v) is 5.66. The Kier molecular flexibility index (Phi) is 4.50. The van der Waals surface area contributed by atoms with Crippen LogP contribution in [0.4, 0.5) is 11.4 Å². The molecule has 1 aromatic rings. The van der Waals surface area contributed by atoms with Crippen LogP contribution < -0.4 is 9.64 Å². The summed E-state index contributed by atoms with van der Waals surface area (Å²) in [6, 6.07) is 4.05. The van der Waals surface area contributed by atoms with Gasteiger partial charge in [0.25, 0.3) is 0 Å². The molecule has 1 heterocycles. The summed E-state index contributed by atoms with van der Waals surface area (Å²) in [5.41, 5.74) is 5.88. The van der Waals surface area contributed by atoms with Gasteiger partial charge in [-0.2, -0.15) is 0 Å². The molecule has 1 aliphatic rings. The third-order valence-corrected chi connectivity index (χ3v) is 3.78. The molecule has 0 N–H and O–H groups in total. The molecule has 0 atom stereocenters. The number of benzene rings is 1. The van der Waals surface area contributed by atoms with Gasteiger partial charge in [0.2, 0.25) is 0 Å². The highest BCUT2D eigenvalue weighted by atomic mass is 16.5. The van der Waals surface area contributed by atoms with Gasteiger partial charge in [-0.05, 0) is 44.1 Å². The first-order chi connectivity index (χ1) is 10.3. The zero-order valence-electron chi connectivity index (χ0n) is 14.2. The Morgan fingerprint density at radius 1 is 1.32 bits per heavy atom. The topological polar surface area (TPSA) is 37.2 Å². The first-order valence-electron chi connectivity index (χ1n) is 7.23. The largest absolute Gasteiger partial charge is 0.453 e. The van der Waals surface area contributed by atoms with E-state index in [1.54, 1.807) is 7.05 Å². The molecule has 4 nitrogen and oxygen atoms in total. The molecule has 0 unspecified atom stereocenters. The summed E-state index contributed by atoms with van der Waals surface area (Å²) in [5.74, 6) is 1.30. The highest BCUT2D eigenvalue weighted by Gasteiger charge is 2.18. The normalized spacial score (nSPS) is 15.2. The van der Waals surface area contributed by atoms with Crippen LogP contribution in [0.1, 0.15) is 19.4 Å². The molecule has 0 saturated carbocycles. The first kappa shape index (κ1) is 16.0. The Balaban J connectivity index is 2.48. The van der Waals surface area contributed by atoms with Crippen molar-refractivity contribution < 1.29 is 4.74 Å². The second kappa shape index (κ2) is 6.18. The average Bonchev–Trinajstić information content (AvgIpc) is 2.46. The molecular formula is C18H23N3O. The Labute approximate surface area is 132 Å². The number of anilines is 1. The maximum Gasteiger partial charge on any atom is 0.155 e. The van der Waals surface area contributed by atoms with Gasteiger partial charge in [-0.1, -0.05) is 6.58 Å². The lowest BCUT2D eigenvalue weighted by Gasteiger charge is -2.22. The highest BCUT2D eigenvalue weighted by molar-refractivity contribution is 6.14. The van der Waals surface area contributed by atoms with Crippen molar-refractivity contribution in [2.24, 2.45) is 9.98 Å². The molecule has 0 aromatic heterocycles. The zero-order valence-corrected chi connectivity index (χ0v) is 14.2. The lowest BCUT2D eigenvalue weighted by molar-refractivity contribution is 0.453. The predicted octanol–water partition coefficient (Wildman–Crippen LogP) is 4.08. The van der Waals surface area contributed by atoms with Gasteiger partial charge >= 0.3 is 0 Å². The van der Waals surface area contributed by atoms with Crippen LogP contribution in [0.25, 0.3) is 0 Å². The van der Waals surface area contributed by atoms with Crippen molar-refractivity contribution >= 4 is 22.8 Å². The van der Waals surface area contributed by atoms with E-state index < -0.39 is 0 Å². The van der Waals surface area contributed by atoms with Crippen molar-refractivity contribution in [2.45, 2.75) is 20.8 Å². The van der Waals surface area contributed by atoms with Crippen LogP contribution >= 0.6 is 0 Å². The number of allylic oxidation sites excluding steroid dienone is 2. The fourth-order valence-electron chi connectivity index (χ4n) is 2.29. The van der Waals surface area contributed by atoms with Crippen LogP contribution in [0, 0.1) is 6.92 Å². The molecule has 0 bridgehead atoms. The summed E-state index contributed by atoms with van der Waals surface area (Å²) < 4.78 is 5.87. The van der Waals surface area contributed by atoms with E-state index in [-0.39, 0.29) is 0 Å². The van der Waals surface area contributed by atoms with Crippen LogP contribution in [-0.4, -0.2) is 32.6 Å². The molecule has 0 aliphatic carbocycles. The van der Waals surface area contributed by atoms with Crippen molar-refractivity contribution in [3.8, 4) is 5.75 Å². The van der Waals surface area contributed by atoms with Crippen molar-refractivity contribution in [2.75, 3.05) is 26.0 Å². The van der Waals surface area contributed by atoms with Crippen molar-refractivity contribution in [1.82, 2.24) is 0 Å². The van der Waals surface area contributed by atoms with Crippen LogP contribution in [-0.2, 0) is 0 Å². The van der Waals surface area contributed by atoms with E-state index in [9.17, 15) is 0 Å². The number of aryl methyl sites for hydroxylation is 1. The van der Waals surface area contributed by atoms with Gasteiger partial charge in [-0.25, -0.2) is 4.99 Å². The fourth-order valence-corrected chi connectivity index (χ4v) is 2.29. The van der Waals surface area contributed by atoms with Gasteiger partial charge in [0.1, 0.15) is 17.2 Å². The molecule has 22 heavy (non-hydrogen) atoms. The van der Waals surface area contributed by atoms with Gasteiger partial charge < -0.3 is 9.64 Å². The summed E-state index contributed by atoms with van der Waals surface area (Å²) in [6.45, 7) is 10.0. The molecule has 2 rings (SSSR count). The van der Waals surface area contributed by atoms with E-state index in [0.717, 1.165) is 39.7 Å². The molecular weight excluding hydrogens is 274 g/mol. The number of hydrogen-bond donors (Lipinski definition) is 0. The minimum Gasteiger partial charge on any atom is -0.453 e. The standard InChI is InChI=1S/C18H23N3O/c1-11(13(3)19-5)8-15-14(4)22-18-10-17(21(6)7)12(2)9-16(18)20-15/h8-10H,4H2,1-3,5-7H3/b11-8-,19-13?. The lowest BCUT2D eigenvalue weighted by atomic mass is 10.1. The average molecular weight is 297 g/mol. The zero-order chi connectivity index (χ0) is 16.4. The molecule has 1 aliphatic heterocycles. The number of nitrogens with zero attached hydrogens (tertiary/aromatic N) is 3. The smallest absolute Gasteiger partial charge is 0.155 e. The van der Waals surface area contributed by atoms with E-state index in [1.807, 2.05) is 46.2 Å². The van der Waals surface area contributed by atoms with Crippen molar-refractivity contribution in [3.63, 3.8) is 0 Å². The minimum absolute atomic E-state index is 0.560. The lowest BCUT2D eigenvalue weighted by Crippen LogP contribution is -2.14. The maximum absolute atomic E-state index is 5.87. The molecule has 116 valence electrons. The molecule has 0 saturated heterocycles. The number of aliphatic imine (C=N–C) groups is 2. The van der Waals surface area contributed by atoms with Crippen LogP contribution in [0.5, 0.6) is 5.75 Å². The number of rotatable bonds is 3. The van der Waals surface area contributed by atoms with Gasteiger partial charge in [0, 0.05) is 38.6 Å². The monoisotopic (exact) mass is 297 g/mol. The van der Waals surface area contributed by atoms with Gasteiger partial charge in [0.15, 0.2) is 5.75 Å². The first-order valence-corrected chi connectivity index (χ1v) is 7.23. The second-order valence-electron chi connectivity index (χ2n) is 5.66. The van der Waals surface area contributed by atoms with E-state index >= 15 is 0 Å². The van der Waals surface area contributed by atoms with E-state index in [1.165, 1.54) is 0 Å². The Hall–Kier alpha value is -2.36. The van der Waals surface area contributed by atoms with Gasteiger partial charge in [-0.15, -0.1) is 0 Å². The van der Waals surface area contributed by atoms with Crippen LogP contribution in [0.15, 0.2) is 46.1 Å². The molecule has 0 spiro atoms. The summed E-state index contributed by atoms with van der Waals surface area (Å²) >= 11 is 0. The van der Waals surface area contributed by atoms with Crippen molar-refractivity contribution in [3.05, 3.63) is 41.7 Å². The van der Waals surface area contributed by atoms with Crippen LogP contribution in [0.3, 0.4) is 0 Å². The van der Waals surface area contributed by atoms with E-state index in [0.29, 0.717) is 5.76 Å². The van der Waals surface area contributed by atoms with Gasteiger partial charge in [0.05, 0.1) is 0 Å². The predicted molar refractivity (Wildman–Crippen MR) is 95.2 cm³/mol. The maximum atomic E-state index is 5.87. The number of ether oxygens (including phenoxy) is 1. The Morgan fingerprint density at radius 2 is 2.00 bits per heavy atom. The molecule has 0 radical (unpaired) electrons. The quantitative estimate of drug-likeness (QED) is 0.788.